The van der Waals surface area contributed by atoms with Crippen LogP contribution in [0.5, 0.6) is 11.5 Å². The van der Waals surface area contributed by atoms with Gasteiger partial charge in [-0.2, -0.15) is 5.10 Å². The summed E-state index contributed by atoms with van der Waals surface area (Å²) in [5.41, 5.74) is 2.61. The van der Waals surface area contributed by atoms with Crippen molar-refractivity contribution < 1.29 is 18.7 Å². The molecular formula is C21H19FN4O3. The highest BCUT2D eigenvalue weighted by Gasteiger charge is 2.24. The SMILES string of the molecule is O=C(Nc1ccc(Oc2cccc(F)c2)cc1)C(=O)N[C@@H]1CCc2[nH]ncc2C1. The maximum absolute atomic E-state index is 13.2. The second-order valence-corrected chi connectivity index (χ2v) is 6.82. The van der Waals surface area contributed by atoms with Crippen molar-refractivity contribution >= 4 is 17.5 Å². The summed E-state index contributed by atoms with van der Waals surface area (Å²) in [6.07, 6.45) is 3.94. The number of nitrogens with one attached hydrogen (secondary N) is 3. The third-order valence-electron chi connectivity index (χ3n) is 4.70. The summed E-state index contributed by atoms with van der Waals surface area (Å²) in [5.74, 6) is -0.950. The number of aromatic nitrogens is 2. The summed E-state index contributed by atoms with van der Waals surface area (Å²) in [4.78, 5) is 24.4. The Balaban J connectivity index is 1.30. The first-order chi connectivity index (χ1) is 14.1. The highest BCUT2D eigenvalue weighted by molar-refractivity contribution is 6.39. The van der Waals surface area contributed by atoms with Crippen molar-refractivity contribution in [2.45, 2.75) is 25.3 Å². The molecule has 1 aliphatic rings. The number of hydrogen-bond donors (Lipinski definition) is 3. The summed E-state index contributed by atoms with van der Waals surface area (Å²) in [7, 11) is 0. The Kier molecular flexibility index (Phi) is 5.24. The molecular weight excluding hydrogens is 375 g/mol. The smallest absolute Gasteiger partial charge is 0.313 e. The number of anilines is 1. The van der Waals surface area contributed by atoms with Crippen LogP contribution < -0.4 is 15.4 Å². The molecule has 1 atom stereocenters. The Morgan fingerprint density at radius 1 is 1.10 bits per heavy atom. The molecule has 1 heterocycles. The van der Waals surface area contributed by atoms with Crippen LogP contribution >= 0.6 is 0 Å². The lowest BCUT2D eigenvalue weighted by molar-refractivity contribution is -0.136. The number of fused-ring (bicyclic) bond motifs is 1. The van der Waals surface area contributed by atoms with Crippen LogP contribution in [0.25, 0.3) is 0 Å². The summed E-state index contributed by atoms with van der Waals surface area (Å²) >= 11 is 0. The van der Waals surface area contributed by atoms with E-state index in [-0.39, 0.29) is 11.9 Å². The van der Waals surface area contributed by atoms with Crippen LogP contribution in [-0.2, 0) is 22.4 Å². The van der Waals surface area contributed by atoms with Gasteiger partial charge in [0.15, 0.2) is 0 Å². The molecule has 0 aliphatic heterocycles. The Morgan fingerprint density at radius 2 is 1.93 bits per heavy atom. The molecule has 2 aromatic carbocycles. The minimum absolute atomic E-state index is 0.0969. The number of carbonyl (C=O) groups is 2. The molecule has 0 bridgehead atoms. The van der Waals surface area contributed by atoms with Crippen LogP contribution in [0.3, 0.4) is 0 Å². The lowest BCUT2D eigenvalue weighted by Crippen LogP contribution is -2.44. The van der Waals surface area contributed by atoms with Crippen LogP contribution in [0.2, 0.25) is 0 Å². The number of benzene rings is 2. The molecule has 0 saturated carbocycles. The van der Waals surface area contributed by atoms with Crippen LogP contribution in [0.4, 0.5) is 10.1 Å². The average Bonchev–Trinajstić information content (AvgIpc) is 3.17. The molecule has 4 rings (SSSR count). The van der Waals surface area contributed by atoms with E-state index in [0.717, 1.165) is 24.1 Å². The zero-order valence-electron chi connectivity index (χ0n) is 15.4. The van der Waals surface area contributed by atoms with Crippen LogP contribution in [0.15, 0.2) is 54.7 Å². The molecule has 8 heteroatoms. The van der Waals surface area contributed by atoms with E-state index in [4.69, 9.17) is 4.74 Å². The van der Waals surface area contributed by atoms with Crippen molar-refractivity contribution in [3.8, 4) is 11.5 Å². The van der Waals surface area contributed by atoms with Crippen LogP contribution in [-0.4, -0.2) is 28.1 Å². The topological polar surface area (TPSA) is 96.1 Å². The standard InChI is InChI=1S/C21H19FN4O3/c22-14-2-1-3-18(11-14)29-17-7-4-15(5-8-17)24-20(27)21(28)25-16-6-9-19-13(10-16)12-23-26-19/h1-5,7-8,11-12,16H,6,9-10H2,(H,23,26)(H,24,27)(H,25,28)/t16-/m1/s1. The first-order valence-electron chi connectivity index (χ1n) is 9.23. The Hall–Kier alpha value is -3.68. The van der Waals surface area contributed by atoms with E-state index in [1.54, 1.807) is 42.6 Å². The summed E-state index contributed by atoms with van der Waals surface area (Å²) in [6.45, 7) is 0. The molecule has 29 heavy (non-hydrogen) atoms. The summed E-state index contributed by atoms with van der Waals surface area (Å²) in [6, 6.07) is 12.2. The van der Waals surface area contributed by atoms with Crippen molar-refractivity contribution in [1.29, 1.82) is 0 Å². The maximum Gasteiger partial charge on any atom is 0.313 e. The number of H-pyrrole nitrogens is 1. The molecule has 7 nitrogen and oxygen atoms in total. The van der Waals surface area contributed by atoms with Crippen LogP contribution in [0, 0.1) is 5.82 Å². The van der Waals surface area contributed by atoms with Crippen molar-refractivity contribution in [1.82, 2.24) is 15.5 Å². The minimum Gasteiger partial charge on any atom is -0.457 e. The van der Waals surface area contributed by atoms with Gasteiger partial charge < -0.3 is 15.4 Å². The Labute approximate surface area is 166 Å². The molecule has 3 aromatic rings. The maximum atomic E-state index is 13.2. The zero-order valence-corrected chi connectivity index (χ0v) is 15.4. The monoisotopic (exact) mass is 394 g/mol. The fraction of sp³-hybridized carbons (Fsp3) is 0.190. The molecule has 0 saturated heterocycles. The number of aryl methyl sites for hydroxylation is 1. The molecule has 1 aromatic heterocycles. The quantitative estimate of drug-likeness (QED) is 0.593. The van der Waals surface area contributed by atoms with Gasteiger partial charge in [-0.1, -0.05) is 6.07 Å². The highest BCUT2D eigenvalue weighted by atomic mass is 19.1. The number of ether oxygens (including phenoxy) is 1. The highest BCUT2D eigenvalue weighted by Crippen LogP contribution is 2.23. The van der Waals surface area contributed by atoms with Gasteiger partial charge >= 0.3 is 11.8 Å². The fourth-order valence-corrected chi connectivity index (χ4v) is 3.25. The minimum atomic E-state index is -0.734. The first-order valence-corrected chi connectivity index (χ1v) is 9.23. The third-order valence-corrected chi connectivity index (χ3v) is 4.70. The van der Waals surface area contributed by atoms with Crippen molar-refractivity contribution in [2.24, 2.45) is 0 Å². The number of nitrogens with zero attached hydrogens (tertiary/aromatic N) is 1. The number of aromatic amines is 1. The van der Waals surface area contributed by atoms with E-state index in [1.807, 2.05) is 0 Å². The number of rotatable bonds is 4. The van der Waals surface area contributed by atoms with E-state index in [2.05, 4.69) is 20.8 Å². The van der Waals surface area contributed by atoms with Gasteiger partial charge in [0.05, 0.1) is 6.20 Å². The first kappa shape index (κ1) is 18.7. The van der Waals surface area contributed by atoms with E-state index in [9.17, 15) is 14.0 Å². The molecule has 0 spiro atoms. The Morgan fingerprint density at radius 3 is 2.72 bits per heavy atom. The molecule has 1 aliphatic carbocycles. The van der Waals surface area contributed by atoms with Gasteiger partial charge in [0.2, 0.25) is 0 Å². The third kappa shape index (κ3) is 4.60. The molecule has 2 amide bonds. The van der Waals surface area contributed by atoms with Gasteiger partial charge in [0.1, 0.15) is 17.3 Å². The molecule has 0 unspecified atom stereocenters. The van der Waals surface area contributed by atoms with Crippen LogP contribution in [0.1, 0.15) is 17.7 Å². The number of hydrogen-bond acceptors (Lipinski definition) is 4. The van der Waals surface area contributed by atoms with E-state index in [1.165, 1.54) is 12.1 Å². The van der Waals surface area contributed by atoms with E-state index in [0.29, 0.717) is 23.6 Å². The second-order valence-electron chi connectivity index (χ2n) is 6.82. The summed E-state index contributed by atoms with van der Waals surface area (Å²) in [5, 5.41) is 12.3. The van der Waals surface area contributed by atoms with Gasteiger partial charge in [0.25, 0.3) is 0 Å². The zero-order chi connectivity index (χ0) is 20.2. The lowest BCUT2D eigenvalue weighted by atomic mass is 9.93. The predicted molar refractivity (Wildman–Crippen MR) is 104 cm³/mol. The normalized spacial score (nSPS) is 15.3. The van der Waals surface area contributed by atoms with Gasteiger partial charge in [-0.05, 0) is 61.2 Å². The molecule has 3 N–H and O–H groups in total. The second kappa shape index (κ2) is 8.14. The number of amides is 2. The fourth-order valence-electron chi connectivity index (χ4n) is 3.25. The molecule has 148 valence electrons. The van der Waals surface area contributed by atoms with E-state index < -0.39 is 11.8 Å². The predicted octanol–water partition coefficient (Wildman–Crippen LogP) is 2.95. The largest absolute Gasteiger partial charge is 0.457 e. The van der Waals surface area contributed by atoms with Crippen molar-refractivity contribution in [2.75, 3.05) is 5.32 Å². The van der Waals surface area contributed by atoms with Gasteiger partial charge in [-0.25, -0.2) is 4.39 Å². The average molecular weight is 394 g/mol. The van der Waals surface area contributed by atoms with Gasteiger partial charge in [0, 0.05) is 23.5 Å². The van der Waals surface area contributed by atoms with E-state index >= 15 is 0 Å². The molecule has 0 radical (unpaired) electrons. The Bertz CT molecular complexity index is 1030. The van der Waals surface area contributed by atoms with Crippen molar-refractivity contribution in [3.63, 3.8) is 0 Å². The number of halogens is 1. The van der Waals surface area contributed by atoms with Crippen molar-refractivity contribution in [3.05, 3.63) is 71.8 Å². The number of carbonyl (C=O) groups excluding carboxylic acids is 2. The van der Waals surface area contributed by atoms with Gasteiger partial charge in [-0.3, -0.25) is 14.7 Å². The molecule has 0 fully saturated rings. The van der Waals surface area contributed by atoms with Gasteiger partial charge in [-0.15, -0.1) is 0 Å². The summed E-state index contributed by atoms with van der Waals surface area (Å²) < 4.78 is 18.8. The lowest BCUT2D eigenvalue weighted by Gasteiger charge is -2.22.